The van der Waals surface area contributed by atoms with E-state index in [1.165, 1.54) is 25.3 Å². The van der Waals surface area contributed by atoms with E-state index in [-0.39, 0.29) is 63.0 Å². The number of rotatable bonds is 7. The second kappa shape index (κ2) is 13.5. The highest BCUT2D eigenvalue weighted by atomic mass is 19.1. The summed E-state index contributed by atoms with van der Waals surface area (Å²) in [7, 11) is 1.47. The number of anilines is 1. The molecule has 0 amide bonds. The molecule has 1 unspecified atom stereocenters. The highest BCUT2D eigenvalue weighted by Crippen LogP contribution is 2.50. The van der Waals surface area contributed by atoms with Crippen LogP contribution in [0.3, 0.4) is 0 Å². The maximum absolute atomic E-state index is 17.2. The molecular formula is C41H49F2N5O5. The highest BCUT2D eigenvalue weighted by Gasteiger charge is 2.51. The molecule has 2 aromatic carbocycles. The normalized spacial score (nSPS) is 30.5. The zero-order chi connectivity index (χ0) is 36.5. The van der Waals surface area contributed by atoms with Crippen LogP contribution in [-0.2, 0) is 9.47 Å². The van der Waals surface area contributed by atoms with Crippen LogP contribution in [0, 0.1) is 17.0 Å². The van der Waals surface area contributed by atoms with Crippen molar-refractivity contribution in [1.82, 2.24) is 19.9 Å². The summed E-state index contributed by atoms with van der Waals surface area (Å²) in [5.74, 6) is -0.865. The van der Waals surface area contributed by atoms with E-state index in [9.17, 15) is 5.11 Å². The van der Waals surface area contributed by atoms with Gasteiger partial charge in [0.1, 0.15) is 34.0 Å². The first-order valence-corrected chi connectivity index (χ1v) is 19.5. The van der Waals surface area contributed by atoms with Crippen LogP contribution in [0.25, 0.3) is 32.9 Å². The second-order valence-corrected chi connectivity index (χ2v) is 16.3. The summed E-state index contributed by atoms with van der Waals surface area (Å²) in [6.45, 7) is 7.88. The van der Waals surface area contributed by atoms with Gasteiger partial charge in [0.2, 0.25) is 5.88 Å². The number of piperidine rings is 2. The summed E-state index contributed by atoms with van der Waals surface area (Å²) in [6, 6.07) is 8.27. The number of halogens is 2. The molecule has 4 aliphatic heterocycles. The van der Waals surface area contributed by atoms with Gasteiger partial charge in [0, 0.05) is 48.0 Å². The van der Waals surface area contributed by atoms with E-state index in [4.69, 9.17) is 28.9 Å². The smallest absolute Gasteiger partial charge is 0.319 e. The first kappa shape index (κ1) is 34.9. The molecule has 1 aliphatic carbocycles. The van der Waals surface area contributed by atoms with Crippen molar-refractivity contribution < 1.29 is 32.8 Å². The van der Waals surface area contributed by atoms with Gasteiger partial charge in [0.25, 0.3) is 0 Å². The molecule has 6 heterocycles. The lowest BCUT2D eigenvalue weighted by molar-refractivity contribution is -0.151. The number of methoxy groups -OCH3 is 1. The summed E-state index contributed by atoms with van der Waals surface area (Å²) in [5, 5.41) is 11.5. The van der Waals surface area contributed by atoms with E-state index in [2.05, 4.69) is 28.6 Å². The molecule has 1 saturated carbocycles. The number of fused-ring (bicyclic) bond motifs is 3. The topological polar surface area (TPSA) is 102 Å². The molecular weight excluding hydrogens is 680 g/mol. The largest absolute Gasteiger partial charge is 0.508 e. The predicted molar refractivity (Wildman–Crippen MR) is 198 cm³/mol. The number of ether oxygens (including phenoxy) is 4. The minimum Gasteiger partial charge on any atom is -0.508 e. The summed E-state index contributed by atoms with van der Waals surface area (Å²) in [6.07, 6.45) is 10.8. The molecule has 5 aliphatic rings. The third-order valence-electron chi connectivity index (χ3n) is 12.9. The van der Waals surface area contributed by atoms with Gasteiger partial charge in [0.05, 0.1) is 38.1 Å². The van der Waals surface area contributed by atoms with Gasteiger partial charge in [-0.3, -0.25) is 4.90 Å². The molecule has 1 N–H and O–H groups in total. The van der Waals surface area contributed by atoms with Crippen molar-refractivity contribution in [2.24, 2.45) is 5.41 Å². The van der Waals surface area contributed by atoms with Gasteiger partial charge in [-0.05, 0) is 95.3 Å². The first-order chi connectivity index (χ1) is 25.7. The molecule has 53 heavy (non-hydrogen) atoms. The molecule has 10 nitrogen and oxygen atoms in total. The molecule has 4 aromatic rings. The van der Waals surface area contributed by atoms with E-state index in [1.807, 2.05) is 0 Å². The number of hydrogen-bond donors (Lipinski definition) is 1. The van der Waals surface area contributed by atoms with Crippen LogP contribution in [0.1, 0.15) is 78.1 Å². The lowest BCUT2D eigenvalue weighted by Gasteiger charge is -2.51. The lowest BCUT2D eigenvalue weighted by Crippen LogP contribution is -2.57. The van der Waals surface area contributed by atoms with E-state index in [1.54, 1.807) is 12.1 Å². The number of likely N-dealkylation sites (tertiary alicyclic amines) is 1. The van der Waals surface area contributed by atoms with E-state index >= 15 is 8.78 Å². The summed E-state index contributed by atoms with van der Waals surface area (Å²) < 4.78 is 57.4. The molecule has 6 atom stereocenters. The zero-order valence-corrected chi connectivity index (χ0v) is 30.9. The molecule has 1 spiro atoms. The van der Waals surface area contributed by atoms with Crippen LogP contribution in [0.5, 0.6) is 17.6 Å². The summed E-state index contributed by atoms with van der Waals surface area (Å²) in [4.78, 5) is 19.3. The van der Waals surface area contributed by atoms with Crippen LogP contribution in [0.4, 0.5) is 14.6 Å². The second-order valence-electron chi connectivity index (χ2n) is 16.3. The quantitative estimate of drug-likeness (QED) is 0.205. The van der Waals surface area contributed by atoms with Gasteiger partial charge >= 0.3 is 6.01 Å². The third-order valence-corrected chi connectivity index (χ3v) is 12.9. The number of phenolic OH excluding ortho intramolecular Hbond substituents is 1. The number of aromatic nitrogens is 3. The average Bonchev–Trinajstić information content (AvgIpc) is 3.57. The van der Waals surface area contributed by atoms with Gasteiger partial charge < -0.3 is 29.0 Å². The molecule has 0 bridgehead atoms. The Morgan fingerprint density at radius 1 is 0.962 bits per heavy atom. The van der Waals surface area contributed by atoms with Crippen molar-refractivity contribution in [3.63, 3.8) is 0 Å². The number of nitrogens with zero attached hydrogens (tertiary/aromatic N) is 5. The van der Waals surface area contributed by atoms with Crippen molar-refractivity contribution in [3.05, 3.63) is 42.0 Å². The Balaban J connectivity index is 1.14. The Bertz CT molecular complexity index is 2040. The van der Waals surface area contributed by atoms with Crippen LogP contribution < -0.4 is 14.4 Å². The maximum atomic E-state index is 17.2. The average molecular weight is 730 g/mol. The molecule has 0 radical (unpaired) electrons. The van der Waals surface area contributed by atoms with E-state index in [0.717, 1.165) is 77.4 Å². The van der Waals surface area contributed by atoms with Crippen LogP contribution >= 0.6 is 0 Å². The summed E-state index contributed by atoms with van der Waals surface area (Å²) >= 11 is 0. The van der Waals surface area contributed by atoms with Crippen LogP contribution in [-0.4, -0.2) is 94.8 Å². The van der Waals surface area contributed by atoms with Gasteiger partial charge in [-0.15, -0.1) is 0 Å². The van der Waals surface area contributed by atoms with Crippen LogP contribution in [0.2, 0.25) is 0 Å². The Morgan fingerprint density at radius 3 is 2.53 bits per heavy atom. The van der Waals surface area contributed by atoms with Gasteiger partial charge in [-0.2, -0.15) is 9.97 Å². The van der Waals surface area contributed by atoms with Crippen molar-refractivity contribution in [2.75, 3.05) is 44.9 Å². The Morgan fingerprint density at radius 2 is 1.75 bits per heavy atom. The fourth-order valence-corrected chi connectivity index (χ4v) is 10.5. The zero-order valence-electron chi connectivity index (χ0n) is 30.9. The Labute approximate surface area is 308 Å². The van der Waals surface area contributed by atoms with E-state index in [0.29, 0.717) is 48.4 Å². The fraction of sp³-hybridized carbons (Fsp3) is 0.585. The molecule has 4 saturated heterocycles. The van der Waals surface area contributed by atoms with E-state index < -0.39 is 11.6 Å². The molecule has 12 heteroatoms. The molecule has 282 valence electrons. The van der Waals surface area contributed by atoms with Crippen molar-refractivity contribution in [3.8, 4) is 28.9 Å². The molecule has 9 rings (SSSR count). The molecule has 5 fully saturated rings. The monoisotopic (exact) mass is 729 g/mol. The summed E-state index contributed by atoms with van der Waals surface area (Å²) in [5.41, 5.74) is -0.428. The van der Waals surface area contributed by atoms with Crippen molar-refractivity contribution in [2.45, 2.75) is 108 Å². The Kier molecular flexibility index (Phi) is 8.85. The third kappa shape index (κ3) is 6.05. The van der Waals surface area contributed by atoms with Crippen LogP contribution in [0.15, 0.2) is 30.3 Å². The molecule has 2 aromatic heterocycles. The predicted octanol–water partition coefficient (Wildman–Crippen LogP) is 7.57. The highest BCUT2D eigenvalue weighted by molar-refractivity contribution is 6.02. The van der Waals surface area contributed by atoms with Gasteiger partial charge in [-0.25, -0.2) is 13.8 Å². The minimum atomic E-state index is -0.764. The van der Waals surface area contributed by atoms with Gasteiger partial charge in [0.15, 0.2) is 5.82 Å². The number of pyridine rings is 1. The first-order valence-electron chi connectivity index (χ1n) is 19.5. The minimum absolute atomic E-state index is 0.0234. The van der Waals surface area contributed by atoms with Crippen molar-refractivity contribution >= 4 is 27.5 Å². The number of benzene rings is 2. The van der Waals surface area contributed by atoms with Crippen molar-refractivity contribution in [1.29, 1.82) is 0 Å². The number of hydrogen-bond acceptors (Lipinski definition) is 10. The lowest BCUT2D eigenvalue weighted by atomic mass is 9.74. The Hall–Kier alpha value is -3.87. The fourth-order valence-electron chi connectivity index (χ4n) is 10.5. The number of aromatic hydroxyl groups is 1. The standard InChI is InChI=1S/C41H49F2N5O5/c1-24-18-27(19-25(2)53-24)48-16-6-12-40(11-5-10-31(40)48)23-51-39-45-36-33(37(46-39)47-15-7-13-41(22-47)14-17-52-41)38(50-3)44-35(34(36)43)29-21-28(49)20-26-8-4-9-30(42)32(26)29/h4,8-9,20-21,24-25,27,31,49H,5-7,10-19,22-23H2,1-3H3/t24-,25+,27?,31-,40-,41+/m1/s1. The SMILES string of the molecule is COc1nc(-c2cc(O)cc3cccc(F)c23)c(F)c2nc(OC[C@]34CCC[C@H]3N(C3C[C@@H](C)O[C@@H](C)C3)CCC4)nc(N3CCC[C@]4(CCO4)C3)c12. The van der Waals surface area contributed by atoms with Gasteiger partial charge in [-0.1, -0.05) is 18.6 Å². The maximum Gasteiger partial charge on any atom is 0.319 e. The number of phenols is 1.